The molecule has 1 aliphatic rings. The average molecular weight is 235 g/mol. The van der Waals surface area contributed by atoms with Gasteiger partial charge in [-0.3, -0.25) is 0 Å². The van der Waals surface area contributed by atoms with E-state index in [-0.39, 0.29) is 5.82 Å². The monoisotopic (exact) mass is 235 g/mol. The first-order chi connectivity index (χ1) is 8.08. The summed E-state index contributed by atoms with van der Waals surface area (Å²) in [6.07, 6.45) is 5.23. The number of benzene rings is 1. The van der Waals surface area contributed by atoms with Crippen molar-refractivity contribution in [2.75, 3.05) is 0 Å². The van der Waals surface area contributed by atoms with E-state index in [2.05, 4.69) is 19.2 Å². The molecule has 1 unspecified atom stereocenters. The first-order valence-corrected chi connectivity index (χ1v) is 6.56. The third-order valence-electron chi connectivity index (χ3n) is 3.97. The van der Waals surface area contributed by atoms with Crippen molar-refractivity contribution in [3.63, 3.8) is 0 Å². The van der Waals surface area contributed by atoms with E-state index in [1.165, 1.54) is 37.8 Å². The molecular formula is C15H22FN. The van der Waals surface area contributed by atoms with Crippen molar-refractivity contribution in [1.82, 2.24) is 5.32 Å². The lowest BCUT2D eigenvalue weighted by atomic mass is 9.73. The third-order valence-corrected chi connectivity index (χ3v) is 3.97. The maximum Gasteiger partial charge on any atom is 0.123 e. The van der Waals surface area contributed by atoms with E-state index in [1.807, 2.05) is 12.1 Å². The van der Waals surface area contributed by atoms with E-state index < -0.39 is 0 Å². The SMILES string of the molecule is CC1(C)CCCCC1NCc1ccc(F)cc1. The van der Waals surface area contributed by atoms with Crippen LogP contribution in [0.25, 0.3) is 0 Å². The van der Waals surface area contributed by atoms with Crippen LogP contribution in [0.4, 0.5) is 4.39 Å². The van der Waals surface area contributed by atoms with Gasteiger partial charge in [0.25, 0.3) is 0 Å². The molecule has 1 fully saturated rings. The van der Waals surface area contributed by atoms with Gasteiger partial charge in [0.1, 0.15) is 5.82 Å². The molecule has 94 valence electrons. The first-order valence-electron chi connectivity index (χ1n) is 6.56. The van der Waals surface area contributed by atoms with Gasteiger partial charge in [-0.05, 0) is 36.0 Å². The lowest BCUT2D eigenvalue weighted by Crippen LogP contribution is -2.43. The van der Waals surface area contributed by atoms with Gasteiger partial charge in [0, 0.05) is 12.6 Å². The summed E-state index contributed by atoms with van der Waals surface area (Å²) in [5.74, 6) is -0.160. The number of hydrogen-bond donors (Lipinski definition) is 1. The average Bonchev–Trinajstić information content (AvgIpc) is 2.29. The fraction of sp³-hybridized carbons (Fsp3) is 0.600. The maximum atomic E-state index is 12.8. The lowest BCUT2D eigenvalue weighted by molar-refractivity contribution is 0.167. The number of nitrogens with one attached hydrogen (secondary N) is 1. The number of halogens is 1. The van der Waals surface area contributed by atoms with E-state index in [0.717, 1.165) is 12.1 Å². The van der Waals surface area contributed by atoms with Gasteiger partial charge in [0.05, 0.1) is 0 Å². The highest BCUT2D eigenvalue weighted by atomic mass is 19.1. The van der Waals surface area contributed by atoms with Crippen molar-refractivity contribution in [2.24, 2.45) is 5.41 Å². The Morgan fingerprint density at radius 3 is 2.59 bits per heavy atom. The van der Waals surface area contributed by atoms with Crippen LogP contribution in [-0.2, 0) is 6.54 Å². The molecule has 1 aromatic carbocycles. The summed E-state index contributed by atoms with van der Waals surface area (Å²) in [4.78, 5) is 0. The minimum atomic E-state index is -0.160. The Bertz CT molecular complexity index is 356. The van der Waals surface area contributed by atoms with Gasteiger partial charge in [-0.25, -0.2) is 4.39 Å². The molecule has 1 saturated carbocycles. The second kappa shape index (κ2) is 5.18. The second-order valence-electron chi connectivity index (χ2n) is 5.79. The van der Waals surface area contributed by atoms with Crippen molar-refractivity contribution < 1.29 is 4.39 Å². The van der Waals surface area contributed by atoms with Crippen LogP contribution >= 0.6 is 0 Å². The summed E-state index contributed by atoms with van der Waals surface area (Å²) >= 11 is 0. The molecule has 0 radical (unpaired) electrons. The van der Waals surface area contributed by atoms with Gasteiger partial charge in [-0.2, -0.15) is 0 Å². The van der Waals surface area contributed by atoms with Crippen LogP contribution in [0.3, 0.4) is 0 Å². The van der Waals surface area contributed by atoms with Crippen molar-refractivity contribution in [1.29, 1.82) is 0 Å². The molecule has 0 amide bonds. The summed E-state index contributed by atoms with van der Waals surface area (Å²) in [6, 6.07) is 7.36. The van der Waals surface area contributed by atoms with E-state index in [1.54, 1.807) is 0 Å². The molecule has 0 spiro atoms. The van der Waals surface area contributed by atoms with E-state index >= 15 is 0 Å². The minimum absolute atomic E-state index is 0.160. The minimum Gasteiger partial charge on any atom is -0.309 e. The Kier molecular flexibility index (Phi) is 3.82. The Morgan fingerprint density at radius 1 is 1.24 bits per heavy atom. The van der Waals surface area contributed by atoms with Crippen molar-refractivity contribution in [3.8, 4) is 0 Å². The van der Waals surface area contributed by atoms with Gasteiger partial charge in [-0.15, -0.1) is 0 Å². The van der Waals surface area contributed by atoms with E-state index in [0.29, 0.717) is 11.5 Å². The second-order valence-corrected chi connectivity index (χ2v) is 5.79. The van der Waals surface area contributed by atoms with Crippen LogP contribution in [0.1, 0.15) is 45.1 Å². The van der Waals surface area contributed by atoms with Crippen molar-refractivity contribution in [3.05, 3.63) is 35.6 Å². The van der Waals surface area contributed by atoms with Gasteiger partial charge in [0.15, 0.2) is 0 Å². The normalized spacial score (nSPS) is 23.6. The first kappa shape index (κ1) is 12.6. The Morgan fingerprint density at radius 2 is 1.94 bits per heavy atom. The largest absolute Gasteiger partial charge is 0.309 e. The molecule has 2 rings (SSSR count). The van der Waals surface area contributed by atoms with Crippen LogP contribution in [0.2, 0.25) is 0 Å². The highest BCUT2D eigenvalue weighted by molar-refractivity contribution is 5.16. The zero-order valence-corrected chi connectivity index (χ0v) is 10.8. The van der Waals surface area contributed by atoms with E-state index in [4.69, 9.17) is 0 Å². The van der Waals surface area contributed by atoms with Crippen molar-refractivity contribution in [2.45, 2.75) is 52.1 Å². The molecule has 17 heavy (non-hydrogen) atoms. The van der Waals surface area contributed by atoms with Gasteiger partial charge in [-0.1, -0.05) is 38.8 Å². The smallest absolute Gasteiger partial charge is 0.123 e. The van der Waals surface area contributed by atoms with Gasteiger partial charge >= 0.3 is 0 Å². The zero-order chi connectivity index (χ0) is 12.3. The van der Waals surface area contributed by atoms with Crippen LogP contribution in [-0.4, -0.2) is 6.04 Å². The molecule has 0 aliphatic heterocycles. The highest BCUT2D eigenvalue weighted by Crippen LogP contribution is 2.35. The molecule has 0 saturated heterocycles. The Balaban J connectivity index is 1.91. The van der Waals surface area contributed by atoms with E-state index in [9.17, 15) is 4.39 Å². The highest BCUT2D eigenvalue weighted by Gasteiger charge is 2.31. The maximum absolute atomic E-state index is 12.8. The van der Waals surface area contributed by atoms with Crippen LogP contribution in [0.5, 0.6) is 0 Å². The third kappa shape index (κ3) is 3.29. The van der Waals surface area contributed by atoms with Crippen molar-refractivity contribution >= 4 is 0 Å². The number of rotatable bonds is 3. The fourth-order valence-electron chi connectivity index (χ4n) is 2.72. The number of hydrogen-bond acceptors (Lipinski definition) is 1. The predicted molar refractivity (Wildman–Crippen MR) is 69.3 cm³/mol. The zero-order valence-electron chi connectivity index (χ0n) is 10.8. The van der Waals surface area contributed by atoms with Crippen LogP contribution < -0.4 is 5.32 Å². The molecule has 1 aliphatic carbocycles. The summed E-state index contributed by atoms with van der Waals surface area (Å²) in [6.45, 7) is 5.53. The molecule has 0 heterocycles. The summed E-state index contributed by atoms with van der Waals surface area (Å²) in [5, 5.41) is 3.63. The molecule has 1 N–H and O–H groups in total. The Labute approximate surface area is 103 Å². The lowest BCUT2D eigenvalue weighted by Gasteiger charge is -2.39. The molecular weight excluding hydrogens is 213 g/mol. The predicted octanol–water partition coefficient (Wildman–Crippen LogP) is 3.88. The quantitative estimate of drug-likeness (QED) is 0.838. The molecule has 1 atom stereocenters. The summed E-state index contributed by atoms with van der Waals surface area (Å²) in [5.41, 5.74) is 1.55. The standard InChI is InChI=1S/C15H22FN/c1-15(2)10-4-3-5-14(15)17-11-12-6-8-13(16)9-7-12/h6-9,14,17H,3-5,10-11H2,1-2H3. The van der Waals surface area contributed by atoms with Gasteiger partial charge in [0.2, 0.25) is 0 Å². The van der Waals surface area contributed by atoms with Crippen LogP contribution in [0.15, 0.2) is 24.3 Å². The van der Waals surface area contributed by atoms with Gasteiger partial charge < -0.3 is 5.32 Å². The molecule has 1 nitrogen and oxygen atoms in total. The Hall–Kier alpha value is -0.890. The molecule has 0 bridgehead atoms. The topological polar surface area (TPSA) is 12.0 Å². The fourth-order valence-corrected chi connectivity index (χ4v) is 2.72. The molecule has 2 heteroatoms. The molecule has 1 aromatic rings. The molecule has 0 aromatic heterocycles. The van der Waals surface area contributed by atoms with Crippen LogP contribution in [0, 0.1) is 11.2 Å². The summed E-state index contributed by atoms with van der Waals surface area (Å²) in [7, 11) is 0. The summed E-state index contributed by atoms with van der Waals surface area (Å²) < 4.78 is 12.8.